The number of amides is 2. The van der Waals surface area contributed by atoms with Crippen LogP contribution in [0.2, 0.25) is 0 Å². The third kappa shape index (κ3) is 3.84. The molecule has 2 aromatic rings. The first-order valence-electron chi connectivity index (χ1n) is 9.77. The highest BCUT2D eigenvalue weighted by molar-refractivity contribution is 6.21. The Hall–Kier alpha value is -2.57. The van der Waals surface area contributed by atoms with Crippen molar-refractivity contribution >= 4 is 11.8 Å². The second kappa shape index (κ2) is 8.20. The van der Waals surface area contributed by atoms with E-state index in [-0.39, 0.29) is 17.6 Å². The van der Waals surface area contributed by atoms with Crippen molar-refractivity contribution < 1.29 is 14.0 Å². The van der Waals surface area contributed by atoms with E-state index in [2.05, 4.69) is 9.80 Å². The molecule has 0 bridgehead atoms. The predicted molar refractivity (Wildman–Crippen MR) is 105 cm³/mol. The Kier molecular flexibility index (Phi) is 5.50. The molecule has 2 amide bonds. The summed E-state index contributed by atoms with van der Waals surface area (Å²) in [5.41, 5.74) is 1.77. The van der Waals surface area contributed by atoms with Crippen LogP contribution in [-0.2, 0) is 6.42 Å². The van der Waals surface area contributed by atoms with Crippen molar-refractivity contribution in [3.05, 3.63) is 71.0 Å². The molecule has 0 saturated carbocycles. The number of nitrogens with zero attached hydrogens (tertiary/aromatic N) is 3. The summed E-state index contributed by atoms with van der Waals surface area (Å²) < 4.78 is 13.7. The standard InChI is InChI=1S/C22H24FN3O2/c23-20-8-4-1-5-17(20)9-10-24-11-13-25(14-12-24)15-16-26-21(27)18-6-2-3-7-19(18)22(26)28/h1-8H,9-16H2. The van der Waals surface area contributed by atoms with Gasteiger partial charge in [-0.05, 0) is 30.2 Å². The minimum absolute atomic E-state index is 0.137. The minimum atomic E-state index is -0.191. The smallest absolute Gasteiger partial charge is 0.261 e. The highest BCUT2D eigenvalue weighted by Crippen LogP contribution is 2.22. The van der Waals surface area contributed by atoms with E-state index < -0.39 is 0 Å². The predicted octanol–water partition coefficient (Wildman–Crippen LogP) is 2.28. The van der Waals surface area contributed by atoms with Gasteiger partial charge in [0, 0.05) is 45.8 Å². The number of carbonyl (C=O) groups is 2. The first-order valence-corrected chi connectivity index (χ1v) is 9.77. The van der Waals surface area contributed by atoms with Gasteiger partial charge in [0.2, 0.25) is 0 Å². The van der Waals surface area contributed by atoms with Gasteiger partial charge in [-0.3, -0.25) is 19.4 Å². The molecule has 2 aromatic carbocycles. The Morgan fingerprint density at radius 3 is 1.86 bits per heavy atom. The summed E-state index contributed by atoms with van der Waals surface area (Å²) in [6.45, 7) is 5.55. The van der Waals surface area contributed by atoms with E-state index >= 15 is 0 Å². The van der Waals surface area contributed by atoms with Crippen LogP contribution in [0.4, 0.5) is 4.39 Å². The molecule has 146 valence electrons. The maximum atomic E-state index is 13.7. The van der Waals surface area contributed by atoms with Crippen LogP contribution in [0.5, 0.6) is 0 Å². The molecule has 0 spiro atoms. The number of hydrogen-bond acceptors (Lipinski definition) is 4. The Bertz CT molecular complexity index is 843. The number of piperazine rings is 1. The third-order valence-corrected chi connectivity index (χ3v) is 5.64. The SMILES string of the molecule is O=C1c2ccccc2C(=O)N1CCN1CCN(CCc2ccccc2F)CC1. The summed E-state index contributed by atoms with van der Waals surface area (Å²) in [5.74, 6) is -0.518. The largest absolute Gasteiger partial charge is 0.300 e. The van der Waals surface area contributed by atoms with Crippen molar-refractivity contribution in [2.75, 3.05) is 45.8 Å². The Labute approximate surface area is 164 Å². The molecule has 0 unspecified atom stereocenters. The van der Waals surface area contributed by atoms with E-state index in [0.29, 0.717) is 30.6 Å². The average Bonchev–Trinajstić information content (AvgIpc) is 2.97. The van der Waals surface area contributed by atoms with E-state index in [0.717, 1.165) is 38.3 Å². The van der Waals surface area contributed by atoms with Crippen LogP contribution in [-0.4, -0.2) is 72.3 Å². The first kappa shape index (κ1) is 18.8. The summed E-state index contributed by atoms with van der Waals surface area (Å²) in [4.78, 5) is 30.8. The maximum Gasteiger partial charge on any atom is 0.261 e. The third-order valence-electron chi connectivity index (χ3n) is 5.64. The molecule has 28 heavy (non-hydrogen) atoms. The van der Waals surface area contributed by atoms with E-state index in [1.54, 1.807) is 30.3 Å². The van der Waals surface area contributed by atoms with Gasteiger partial charge in [0.25, 0.3) is 11.8 Å². The first-order chi connectivity index (χ1) is 13.6. The van der Waals surface area contributed by atoms with Crippen molar-refractivity contribution in [2.24, 2.45) is 0 Å². The fourth-order valence-corrected chi connectivity index (χ4v) is 3.90. The fourth-order valence-electron chi connectivity index (χ4n) is 3.90. The summed E-state index contributed by atoms with van der Waals surface area (Å²) >= 11 is 0. The van der Waals surface area contributed by atoms with Gasteiger partial charge in [0.15, 0.2) is 0 Å². The summed E-state index contributed by atoms with van der Waals surface area (Å²) in [6, 6.07) is 13.9. The van der Waals surface area contributed by atoms with Crippen molar-refractivity contribution in [1.29, 1.82) is 0 Å². The molecule has 0 radical (unpaired) electrons. The van der Waals surface area contributed by atoms with Crippen LogP contribution in [0.3, 0.4) is 0 Å². The second-order valence-corrected chi connectivity index (χ2v) is 7.33. The highest BCUT2D eigenvalue weighted by atomic mass is 19.1. The molecule has 1 saturated heterocycles. The van der Waals surface area contributed by atoms with Crippen LogP contribution in [0, 0.1) is 5.82 Å². The van der Waals surface area contributed by atoms with Crippen molar-refractivity contribution in [3.63, 3.8) is 0 Å². The summed E-state index contributed by atoms with van der Waals surface area (Å²) in [5, 5.41) is 0. The van der Waals surface area contributed by atoms with E-state index in [4.69, 9.17) is 0 Å². The number of halogens is 1. The molecule has 0 atom stereocenters. The van der Waals surface area contributed by atoms with Gasteiger partial charge >= 0.3 is 0 Å². The van der Waals surface area contributed by atoms with Crippen LogP contribution in [0.15, 0.2) is 48.5 Å². The van der Waals surface area contributed by atoms with Crippen molar-refractivity contribution in [2.45, 2.75) is 6.42 Å². The summed E-state index contributed by atoms with van der Waals surface area (Å²) in [7, 11) is 0. The molecule has 0 aromatic heterocycles. The lowest BCUT2D eigenvalue weighted by Gasteiger charge is -2.35. The molecule has 2 aliphatic heterocycles. The lowest BCUT2D eigenvalue weighted by molar-refractivity contribution is 0.0615. The number of carbonyl (C=O) groups excluding carboxylic acids is 2. The Morgan fingerprint density at radius 2 is 1.25 bits per heavy atom. The molecule has 6 heteroatoms. The van der Waals surface area contributed by atoms with E-state index in [1.807, 2.05) is 12.1 Å². The fraction of sp³-hybridized carbons (Fsp3) is 0.364. The zero-order valence-electron chi connectivity index (χ0n) is 15.8. The van der Waals surface area contributed by atoms with Crippen molar-refractivity contribution in [3.8, 4) is 0 Å². The van der Waals surface area contributed by atoms with Crippen molar-refractivity contribution in [1.82, 2.24) is 14.7 Å². The quantitative estimate of drug-likeness (QED) is 0.720. The van der Waals surface area contributed by atoms with Crippen LogP contribution in [0.25, 0.3) is 0 Å². The van der Waals surface area contributed by atoms with Gasteiger partial charge in [0.1, 0.15) is 5.82 Å². The number of benzene rings is 2. The van der Waals surface area contributed by atoms with Gasteiger partial charge < -0.3 is 4.90 Å². The molecular formula is C22H24FN3O2. The van der Waals surface area contributed by atoms with Gasteiger partial charge in [-0.1, -0.05) is 30.3 Å². The number of imide groups is 1. The molecule has 2 aliphatic rings. The van der Waals surface area contributed by atoms with Crippen LogP contribution >= 0.6 is 0 Å². The molecule has 0 N–H and O–H groups in total. The van der Waals surface area contributed by atoms with E-state index in [1.165, 1.54) is 11.0 Å². The number of rotatable bonds is 6. The topological polar surface area (TPSA) is 43.9 Å². The van der Waals surface area contributed by atoms with E-state index in [9.17, 15) is 14.0 Å². The van der Waals surface area contributed by atoms with Crippen LogP contribution in [0.1, 0.15) is 26.3 Å². The lowest BCUT2D eigenvalue weighted by Crippen LogP contribution is -2.49. The summed E-state index contributed by atoms with van der Waals surface area (Å²) in [6.07, 6.45) is 0.710. The zero-order valence-corrected chi connectivity index (χ0v) is 15.8. The normalized spacial score (nSPS) is 18.0. The molecule has 4 rings (SSSR count). The van der Waals surface area contributed by atoms with Crippen LogP contribution < -0.4 is 0 Å². The number of hydrogen-bond donors (Lipinski definition) is 0. The van der Waals surface area contributed by atoms with Gasteiger partial charge in [-0.15, -0.1) is 0 Å². The highest BCUT2D eigenvalue weighted by Gasteiger charge is 2.35. The zero-order chi connectivity index (χ0) is 19.5. The Balaban J connectivity index is 1.23. The number of fused-ring (bicyclic) bond motifs is 1. The monoisotopic (exact) mass is 381 g/mol. The van der Waals surface area contributed by atoms with Gasteiger partial charge in [0.05, 0.1) is 11.1 Å². The Morgan fingerprint density at radius 1 is 0.714 bits per heavy atom. The molecular weight excluding hydrogens is 357 g/mol. The minimum Gasteiger partial charge on any atom is -0.300 e. The van der Waals surface area contributed by atoms with Gasteiger partial charge in [-0.25, -0.2) is 4.39 Å². The molecule has 2 heterocycles. The average molecular weight is 381 g/mol. The second-order valence-electron chi connectivity index (χ2n) is 7.33. The molecule has 0 aliphatic carbocycles. The van der Waals surface area contributed by atoms with Gasteiger partial charge in [-0.2, -0.15) is 0 Å². The maximum absolute atomic E-state index is 13.7. The molecule has 1 fully saturated rings. The molecule has 5 nitrogen and oxygen atoms in total. The lowest BCUT2D eigenvalue weighted by atomic mass is 10.1.